The highest BCUT2D eigenvalue weighted by Gasteiger charge is 1.69. The Morgan fingerprint density at radius 2 is 2.60 bits per heavy atom. The number of hydrogen-bond donors (Lipinski definition) is 0. The zero-order valence-corrected chi connectivity index (χ0v) is 5.75. The lowest BCUT2D eigenvalue weighted by Crippen LogP contribution is -1.60. The minimum absolute atomic E-state index is 1.06. The van der Waals surface area contributed by atoms with Crippen molar-refractivity contribution in [1.29, 1.82) is 0 Å². The van der Waals surface area contributed by atoms with Crippen LogP contribution in [-0.4, -0.2) is 6.56 Å². The fraction of sp³-hybridized carbons (Fsp3) is 0. The zero-order chi connectivity index (χ0) is 4.12. The molecule has 0 aromatic rings. The first-order valence-corrected chi connectivity index (χ1v) is 4.79. The van der Waals surface area contributed by atoms with Crippen molar-refractivity contribution >= 4 is 36.5 Å². The molecule has 0 fully saturated rings. The van der Waals surface area contributed by atoms with Gasteiger partial charge >= 0.3 is 0 Å². The number of hydrogen-bond acceptors (Lipinski definition) is 1. The first-order chi connectivity index (χ1) is 2.41. The van der Waals surface area contributed by atoms with Gasteiger partial charge in [0.25, 0.3) is 0 Å². The topological polar surface area (TPSA) is 0 Å². The second-order valence-corrected chi connectivity index (χ2v) is 2.98. The second-order valence-electron chi connectivity index (χ2n) is 0.564. The molecule has 0 bridgehead atoms. The summed E-state index contributed by atoms with van der Waals surface area (Å²) in [6.45, 7) is 4.58. The summed E-state index contributed by atoms with van der Waals surface area (Å²) < 4.78 is 0. The molecule has 5 heavy (non-hydrogen) atoms. The summed E-state index contributed by atoms with van der Waals surface area (Å²) in [4.78, 5) is 0. The van der Waals surface area contributed by atoms with Crippen LogP contribution in [-0.2, 0) is 0 Å². The lowest BCUT2D eigenvalue weighted by Gasteiger charge is -1.67. The average Bonchev–Trinajstić information content (AvgIpc) is 1.41. The van der Waals surface area contributed by atoms with E-state index in [4.69, 9.17) is 0 Å². The van der Waals surface area contributed by atoms with Crippen LogP contribution in [0.15, 0.2) is 12.6 Å². The van der Waals surface area contributed by atoms with Crippen molar-refractivity contribution in [2.75, 3.05) is 0 Å². The third kappa shape index (κ3) is 4.88. The fourth-order valence-corrected chi connectivity index (χ4v) is 0.896. The van der Waals surface area contributed by atoms with E-state index in [2.05, 4.69) is 27.8 Å². The molecule has 0 radical (unpaired) electrons. The van der Waals surface area contributed by atoms with Gasteiger partial charge in [-0.15, -0.1) is 21.3 Å². The predicted octanol–water partition coefficient (Wildman–Crippen LogP) is 1.56. The van der Waals surface area contributed by atoms with Gasteiger partial charge in [-0.3, -0.25) is 0 Å². The van der Waals surface area contributed by atoms with Crippen LogP contribution < -0.4 is 0 Å². The van der Waals surface area contributed by atoms with E-state index in [1.165, 1.54) is 0 Å². The molecule has 0 amide bonds. The molecule has 0 aliphatic heterocycles. The molecular weight excluding hydrogens is 194 g/mol. The predicted molar refractivity (Wildman–Crippen MR) is 39.0 cm³/mol. The Hall–Kier alpha value is 0.885. The highest BCUT2D eigenvalue weighted by molar-refractivity contribution is 14.2. The van der Waals surface area contributed by atoms with Gasteiger partial charge in [0.15, 0.2) is 0 Å². The van der Waals surface area contributed by atoms with Crippen LogP contribution >= 0.6 is 30.0 Å². The Bertz CT molecular complexity index is 30.8. The first kappa shape index (κ1) is 5.88. The molecule has 0 aliphatic carbocycles. The first-order valence-electron chi connectivity index (χ1n) is 1.26. The van der Waals surface area contributed by atoms with E-state index in [-0.39, 0.29) is 0 Å². The molecule has 0 nitrogen and oxygen atoms in total. The fourth-order valence-electron chi connectivity index (χ4n) is 0.0445. The van der Waals surface area contributed by atoms with E-state index < -0.39 is 0 Å². The molecule has 0 aromatic heterocycles. The van der Waals surface area contributed by atoms with Gasteiger partial charge in [-0.1, -0.05) is 0 Å². The summed E-state index contributed by atoms with van der Waals surface area (Å²) in [5.41, 5.74) is 0. The van der Waals surface area contributed by atoms with Crippen molar-refractivity contribution in [3.8, 4) is 0 Å². The Balaban J connectivity index is 2.40. The van der Waals surface area contributed by atoms with E-state index in [0.29, 0.717) is 0 Å². The normalized spacial score (nSPS) is 6.60. The highest BCUT2D eigenvalue weighted by Crippen LogP contribution is 2.05. The van der Waals surface area contributed by atoms with Gasteiger partial charge < -0.3 is 0 Å². The zero-order valence-electron chi connectivity index (χ0n) is 2.78. The molecule has 0 heterocycles. The van der Waals surface area contributed by atoms with Gasteiger partial charge in [0.2, 0.25) is 6.56 Å². The molecule has 0 atom stereocenters. The molecule has 3 heteroatoms. The second kappa shape index (κ2) is 4.88. The molecule has 0 spiro atoms. The van der Waals surface area contributed by atoms with Crippen molar-refractivity contribution in [2.45, 2.75) is 0 Å². The maximum atomic E-state index is 3.52. The van der Waals surface area contributed by atoms with Gasteiger partial charge in [-0.2, -0.15) is 0 Å². The van der Waals surface area contributed by atoms with Gasteiger partial charge in [0.1, 0.15) is 0 Å². The van der Waals surface area contributed by atoms with Gasteiger partial charge in [-0.25, -0.2) is 0 Å². The lowest BCUT2D eigenvalue weighted by atomic mass is 10.1. The summed E-state index contributed by atoms with van der Waals surface area (Å²) in [7, 11) is 1.75. The van der Waals surface area contributed by atoms with Crippen LogP contribution in [0.1, 0.15) is 0 Å². The standard InChI is InChI=1S/C2H4BIS/c1-2-3-5-4/h2-3H,1H2. The summed E-state index contributed by atoms with van der Waals surface area (Å²) >= 11 is 2.23. The van der Waals surface area contributed by atoms with Crippen molar-refractivity contribution in [1.82, 2.24) is 0 Å². The largest absolute Gasteiger partial charge is 0.230 e. The Kier molecular flexibility index (Phi) is 5.75. The van der Waals surface area contributed by atoms with E-state index in [0.717, 1.165) is 6.56 Å². The summed E-state index contributed by atoms with van der Waals surface area (Å²) in [6.07, 6.45) is 0. The quantitative estimate of drug-likeness (QED) is 0.479. The third-order valence-electron chi connectivity index (χ3n) is 0.181. The maximum Gasteiger partial charge on any atom is 0.230 e. The minimum Gasteiger partial charge on any atom is -0.140 e. The van der Waals surface area contributed by atoms with Crippen LogP contribution in [0.5, 0.6) is 0 Å². The van der Waals surface area contributed by atoms with E-state index >= 15 is 0 Å². The molecule has 0 unspecified atom stereocenters. The molecule has 0 N–H and O–H groups in total. The molecule has 0 rings (SSSR count). The Morgan fingerprint density at radius 1 is 2.00 bits per heavy atom. The third-order valence-corrected chi connectivity index (χ3v) is 1.62. The van der Waals surface area contributed by atoms with E-state index in [9.17, 15) is 0 Å². The van der Waals surface area contributed by atoms with E-state index in [1.54, 1.807) is 8.78 Å². The maximum absolute atomic E-state index is 3.52. The van der Waals surface area contributed by atoms with Crippen LogP contribution in [0.25, 0.3) is 0 Å². The van der Waals surface area contributed by atoms with Crippen molar-refractivity contribution < 1.29 is 0 Å². The van der Waals surface area contributed by atoms with E-state index in [1.807, 2.05) is 5.98 Å². The van der Waals surface area contributed by atoms with Gasteiger partial charge in [0, 0.05) is 0 Å². The summed E-state index contributed by atoms with van der Waals surface area (Å²) in [5, 5.41) is 0. The highest BCUT2D eigenvalue weighted by atomic mass is 127. The average molecular weight is 198 g/mol. The minimum atomic E-state index is 1.06. The van der Waals surface area contributed by atoms with Crippen LogP contribution in [0.3, 0.4) is 0 Å². The summed E-state index contributed by atoms with van der Waals surface area (Å²) in [5.74, 6) is 1.89. The van der Waals surface area contributed by atoms with Crippen molar-refractivity contribution in [2.24, 2.45) is 0 Å². The molecular formula is C2H4BIS. The van der Waals surface area contributed by atoms with Gasteiger partial charge in [-0.05, 0) is 21.2 Å². The molecule has 0 aliphatic rings. The summed E-state index contributed by atoms with van der Waals surface area (Å²) in [6, 6.07) is 0. The smallest absolute Gasteiger partial charge is 0.140 e. The lowest BCUT2D eigenvalue weighted by molar-refractivity contribution is 2.62. The number of rotatable bonds is 2. The van der Waals surface area contributed by atoms with Crippen LogP contribution in [0.2, 0.25) is 0 Å². The SMILES string of the molecule is C=CBSI. The Labute approximate surface area is 49.1 Å². The van der Waals surface area contributed by atoms with Gasteiger partial charge in [0.05, 0.1) is 0 Å². The molecule has 0 saturated carbocycles. The Morgan fingerprint density at radius 3 is 2.60 bits per heavy atom. The monoisotopic (exact) mass is 198 g/mol. The molecule has 0 saturated heterocycles. The molecule has 28 valence electrons. The van der Waals surface area contributed by atoms with Crippen LogP contribution in [0, 0.1) is 0 Å². The van der Waals surface area contributed by atoms with Crippen LogP contribution in [0.4, 0.5) is 0 Å². The van der Waals surface area contributed by atoms with Crippen molar-refractivity contribution in [3.63, 3.8) is 0 Å². The van der Waals surface area contributed by atoms with Crippen molar-refractivity contribution in [3.05, 3.63) is 12.6 Å². The molecule has 0 aromatic carbocycles. The number of halogens is 1.